The molecule has 0 fully saturated rings. The van der Waals surface area contributed by atoms with Gasteiger partial charge >= 0.3 is 6.09 Å². The number of methoxy groups -OCH3 is 1. The maximum absolute atomic E-state index is 12.7. The highest BCUT2D eigenvalue weighted by molar-refractivity contribution is 5.68. The summed E-state index contributed by atoms with van der Waals surface area (Å²) in [5, 5.41) is 0. The molecule has 0 spiro atoms. The van der Waals surface area contributed by atoms with Crippen LogP contribution in [0.2, 0.25) is 0 Å². The molecule has 136 valence electrons. The van der Waals surface area contributed by atoms with Gasteiger partial charge in [-0.15, -0.1) is 0 Å². The van der Waals surface area contributed by atoms with Crippen molar-refractivity contribution in [2.75, 3.05) is 7.11 Å². The van der Waals surface area contributed by atoms with E-state index in [0.29, 0.717) is 0 Å². The lowest BCUT2D eigenvalue weighted by Gasteiger charge is -2.32. The fourth-order valence-electron chi connectivity index (χ4n) is 2.99. The van der Waals surface area contributed by atoms with Crippen LogP contribution >= 0.6 is 0 Å². The van der Waals surface area contributed by atoms with Crippen molar-refractivity contribution in [2.24, 2.45) is 0 Å². The maximum Gasteiger partial charge on any atom is 0.410 e. The van der Waals surface area contributed by atoms with Crippen LogP contribution in [0.4, 0.5) is 4.79 Å². The molecular formula is C20H33NO3. The number of unbranched alkanes of at least 4 members (excludes halogenated alkanes) is 2. The molecule has 0 bridgehead atoms. The van der Waals surface area contributed by atoms with Gasteiger partial charge in [-0.05, 0) is 46.6 Å². The lowest BCUT2D eigenvalue weighted by Crippen LogP contribution is -2.42. The van der Waals surface area contributed by atoms with Gasteiger partial charge in [0.25, 0.3) is 0 Å². The van der Waals surface area contributed by atoms with Gasteiger partial charge in [0.05, 0.1) is 7.11 Å². The third kappa shape index (κ3) is 5.73. The maximum atomic E-state index is 12.7. The molecule has 0 saturated heterocycles. The number of hydrogen-bond acceptors (Lipinski definition) is 3. The van der Waals surface area contributed by atoms with Gasteiger partial charge in [-0.3, -0.25) is 0 Å². The Balaban J connectivity index is 2.99. The van der Waals surface area contributed by atoms with Crippen LogP contribution in [0.25, 0.3) is 0 Å². The number of carbonyl (C=O) groups excluding carboxylic acids is 1. The summed E-state index contributed by atoms with van der Waals surface area (Å²) >= 11 is 0. The largest absolute Gasteiger partial charge is 0.496 e. The fourth-order valence-corrected chi connectivity index (χ4v) is 2.99. The van der Waals surface area contributed by atoms with Crippen LogP contribution in [-0.4, -0.2) is 30.2 Å². The molecule has 0 radical (unpaired) electrons. The van der Waals surface area contributed by atoms with E-state index in [1.807, 2.05) is 52.0 Å². The number of nitrogens with zero attached hydrogens (tertiary/aromatic N) is 1. The highest BCUT2D eigenvalue weighted by Crippen LogP contribution is 2.32. The van der Waals surface area contributed by atoms with Crippen LogP contribution in [0.15, 0.2) is 24.3 Å². The molecule has 1 unspecified atom stereocenters. The van der Waals surface area contributed by atoms with Gasteiger partial charge in [-0.1, -0.05) is 38.0 Å². The van der Waals surface area contributed by atoms with Gasteiger partial charge in [-0.2, -0.15) is 0 Å². The number of para-hydroxylation sites is 1. The summed E-state index contributed by atoms with van der Waals surface area (Å²) in [4.78, 5) is 14.5. The van der Waals surface area contributed by atoms with Crippen molar-refractivity contribution in [3.05, 3.63) is 29.8 Å². The molecule has 0 heterocycles. The summed E-state index contributed by atoms with van der Waals surface area (Å²) in [6, 6.07) is 8.00. The molecule has 1 aromatic carbocycles. The van der Waals surface area contributed by atoms with E-state index in [1.165, 1.54) is 0 Å². The predicted octanol–water partition coefficient (Wildman–Crippen LogP) is 5.57. The zero-order chi connectivity index (χ0) is 18.1. The normalized spacial score (nSPS) is 12.3. The van der Waals surface area contributed by atoms with Crippen LogP contribution in [0.5, 0.6) is 5.75 Å². The summed E-state index contributed by atoms with van der Waals surface area (Å²) in [7, 11) is 1.65. The van der Waals surface area contributed by atoms with Crippen molar-refractivity contribution in [1.29, 1.82) is 0 Å². The quantitative estimate of drug-likeness (QED) is 0.554. The van der Waals surface area contributed by atoms with E-state index >= 15 is 0 Å². The second-order valence-electron chi connectivity index (χ2n) is 6.70. The average Bonchev–Trinajstić information content (AvgIpc) is 2.53. The van der Waals surface area contributed by atoms with E-state index < -0.39 is 0 Å². The fraction of sp³-hybridized carbons (Fsp3) is 0.650. The smallest absolute Gasteiger partial charge is 0.410 e. The van der Waals surface area contributed by atoms with E-state index in [4.69, 9.17) is 9.47 Å². The van der Waals surface area contributed by atoms with E-state index in [2.05, 4.69) is 6.92 Å². The molecule has 24 heavy (non-hydrogen) atoms. The molecule has 0 saturated carbocycles. The summed E-state index contributed by atoms with van der Waals surface area (Å²) < 4.78 is 11.4. The lowest BCUT2D eigenvalue weighted by molar-refractivity contribution is 0.0397. The van der Waals surface area contributed by atoms with Crippen molar-refractivity contribution in [3.63, 3.8) is 0 Å². The highest BCUT2D eigenvalue weighted by Gasteiger charge is 2.26. The first-order valence-electron chi connectivity index (χ1n) is 9.04. The SMILES string of the molecule is CCCCCC(OC(=O)N(C(C)C)C(C)C)c1ccccc1OC. The molecule has 0 aromatic heterocycles. The predicted molar refractivity (Wildman–Crippen MR) is 98.5 cm³/mol. The van der Waals surface area contributed by atoms with Gasteiger partial charge in [0.2, 0.25) is 0 Å². The van der Waals surface area contributed by atoms with Gasteiger partial charge in [0.1, 0.15) is 11.9 Å². The molecular weight excluding hydrogens is 302 g/mol. The van der Waals surface area contributed by atoms with E-state index in [0.717, 1.165) is 37.0 Å². The topological polar surface area (TPSA) is 38.8 Å². The highest BCUT2D eigenvalue weighted by atomic mass is 16.6. The summed E-state index contributed by atoms with van der Waals surface area (Å²) in [5.41, 5.74) is 0.942. The van der Waals surface area contributed by atoms with Gasteiger partial charge in [-0.25, -0.2) is 4.79 Å². The minimum absolute atomic E-state index is 0.103. The Bertz CT molecular complexity index is 491. The molecule has 0 aliphatic rings. The van der Waals surface area contributed by atoms with Crippen molar-refractivity contribution in [3.8, 4) is 5.75 Å². The molecule has 0 aliphatic carbocycles. The second kappa shape index (κ2) is 10.2. The van der Waals surface area contributed by atoms with Crippen molar-refractivity contribution in [1.82, 2.24) is 4.90 Å². The number of carbonyl (C=O) groups is 1. The molecule has 1 atom stereocenters. The number of ether oxygens (including phenoxy) is 2. The average molecular weight is 335 g/mol. The Kier molecular flexibility index (Phi) is 8.66. The first-order chi connectivity index (χ1) is 11.4. The van der Waals surface area contributed by atoms with Crippen LogP contribution in [-0.2, 0) is 4.74 Å². The third-order valence-electron chi connectivity index (χ3n) is 4.12. The standard InChI is InChI=1S/C20H33NO3/c1-7-8-9-14-19(17-12-10-11-13-18(17)23-6)24-20(22)21(15(2)3)16(4)5/h10-13,15-16,19H,7-9,14H2,1-6H3. The third-order valence-corrected chi connectivity index (χ3v) is 4.12. The van der Waals surface area contributed by atoms with Gasteiger partial charge in [0, 0.05) is 17.6 Å². The Morgan fingerprint density at radius 3 is 2.25 bits per heavy atom. The Hall–Kier alpha value is -1.71. The van der Waals surface area contributed by atoms with Crippen LogP contribution in [0.1, 0.15) is 72.0 Å². The summed E-state index contributed by atoms with van der Waals surface area (Å²) in [6.07, 6.45) is 3.56. The molecule has 0 N–H and O–H groups in total. The monoisotopic (exact) mass is 335 g/mol. The first kappa shape index (κ1) is 20.3. The second-order valence-corrected chi connectivity index (χ2v) is 6.70. The van der Waals surface area contributed by atoms with E-state index in [-0.39, 0.29) is 24.3 Å². The van der Waals surface area contributed by atoms with Crippen molar-refractivity contribution in [2.45, 2.75) is 78.5 Å². The van der Waals surface area contributed by atoms with Crippen LogP contribution in [0, 0.1) is 0 Å². The van der Waals surface area contributed by atoms with Gasteiger partial charge in [0.15, 0.2) is 0 Å². The minimum atomic E-state index is -0.278. The lowest BCUT2D eigenvalue weighted by atomic mass is 10.0. The van der Waals surface area contributed by atoms with E-state index in [1.54, 1.807) is 12.0 Å². The Morgan fingerprint density at radius 2 is 1.71 bits per heavy atom. The molecule has 1 rings (SSSR count). The van der Waals surface area contributed by atoms with Crippen molar-refractivity contribution < 1.29 is 14.3 Å². The molecule has 1 amide bonds. The zero-order valence-electron chi connectivity index (χ0n) is 16.0. The molecule has 4 heteroatoms. The van der Waals surface area contributed by atoms with Crippen LogP contribution in [0.3, 0.4) is 0 Å². The van der Waals surface area contributed by atoms with E-state index in [9.17, 15) is 4.79 Å². The number of benzene rings is 1. The van der Waals surface area contributed by atoms with Gasteiger partial charge < -0.3 is 14.4 Å². The van der Waals surface area contributed by atoms with Crippen molar-refractivity contribution >= 4 is 6.09 Å². The summed E-state index contributed by atoms with van der Waals surface area (Å²) in [6.45, 7) is 10.2. The molecule has 1 aromatic rings. The number of amides is 1. The first-order valence-corrected chi connectivity index (χ1v) is 9.04. The minimum Gasteiger partial charge on any atom is -0.496 e. The molecule has 4 nitrogen and oxygen atoms in total. The Morgan fingerprint density at radius 1 is 1.08 bits per heavy atom. The zero-order valence-corrected chi connectivity index (χ0v) is 16.0. The Labute approximate surface area is 147 Å². The van der Waals surface area contributed by atoms with Crippen LogP contribution < -0.4 is 4.74 Å². The number of rotatable bonds is 9. The summed E-state index contributed by atoms with van der Waals surface area (Å²) in [5.74, 6) is 0.771. The number of hydrogen-bond donors (Lipinski definition) is 0. The molecule has 0 aliphatic heterocycles.